The maximum Gasteiger partial charge on any atom is 0.140 e. The third-order valence-electron chi connectivity index (χ3n) is 5.57. The van der Waals surface area contributed by atoms with Crippen LogP contribution in [0.2, 0.25) is 0 Å². The fourth-order valence-electron chi connectivity index (χ4n) is 4.10. The van der Waals surface area contributed by atoms with Gasteiger partial charge in [0.2, 0.25) is 0 Å². The first-order valence-corrected chi connectivity index (χ1v) is 11.9. The van der Waals surface area contributed by atoms with Crippen LogP contribution in [0.3, 0.4) is 0 Å². The zero-order chi connectivity index (χ0) is 24.7. The highest BCUT2D eigenvalue weighted by Gasteiger charge is 2.19. The zero-order valence-corrected chi connectivity index (χ0v) is 20.9. The average Bonchev–Trinajstić information content (AvgIpc) is 2.90. The number of methoxy groups -OCH3 is 4. The number of rotatable bonds is 7. The van der Waals surface area contributed by atoms with Crippen molar-refractivity contribution in [2.75, 3.05) is 34.7 Å². The lowest BCUT2D eigenvalue weighted by Crippen LogP contribution is -1.99. The Hall–Kier alpha value is -3.13. The van der Waals surface area contributed by atoms with Crippen molar-refractivity contribution in [2.45, 2.75) is 18.1 Å². The van der Waals surface area contributed by atoms with Crippen LogP contribution in [0.4, 0.5) is 0 Å². The molecule has 0 fully saturated rings. The van der Waals surface area contributed by atoms with E-state index >= 15 is 0 Å². The molecule has 0 amide bonds. The highest BCUT2D eigenvalue weighted by Crippen LogP contribution is 2.44. The topological polar surface area (TPSA) is 77.4 Å². The van der Waals surface area contributed by atoms with Gasteiger partial charge in [-0.25, -0.2) is 0 Å². The van der Waals surface area contributed by atoms with E-state index in [0.717, 1.165) is 54.8 Å². The number of hydrogen-bond donors (Lipinski definition) is 2. The molecule has 4 aromatic carbocycles. The predicted molar refractivity (Wildman–Crippen MR) is 138 cm³/mol. The molecule has 34 heavy (non-hydrogen) atoms. The first-order chi connectivity index (χ1) is 16.6. The number of aliphatic hydroxyl groups is 2. The van der Waals surface area contributed by atoms with Crippen LogP contribution in [0.25, 0.3) is 21.5 Å². The van der Waals surface area contributed by atoms with Crippen LogP contribution in [0, 0.1) is 0 Å². The molecule has 0 saturated heterocycles. The molecular formula is C27H30O6S. The van der Waals surface area contributed by atoms with Gasteiger partial charge >= 0.3 is 0 Å². The van der Waals surface area contributed by atoms with Gasteiger partial charge in [-0.15, -0.1) is 11.8 Å². The van der Waals surface area contributed by atoms with E-state index in [9.17, 15) is 10.2 Å². The SMILES string of the molecule is COc1c(CO)c(SC)c(OC)c2ccccc12.COc1cc(CO)c(OC)c2ccccc12. The summed E-state index contributed by atoms with van der Waals surface area (Å²) in [5, 5.41) is 22.8. The Kier molecular flexibility index (Phi) is 8.87. The molecule has 0 aliphatic carbocycles. The molecule has 0 unspecified atom stereocenters. The molecule has 0 aromatic heterocycles. The summed E-state index contributed by atoms with van der Waals surface area (Å²) in [6.07, 6.45) is 1.96. The van der Waals surface area contributed by atoms with Crippen LogP contribution in [0.15, 0.2) is 59.5 Å². The van der Waals surface area contributed by atoms with Gasteiger partial charge in [-0.05, 0) is 12.3 Å². The van der Waals surface area contributed by atoms with Crippen molar-refractivity contribution >= 4 is 33.3 Å². The van der Waals surface area contributed by atoms with E-state index in [1.807, 2.05) is 54.8 Å². The third-order valence-corrected chi connectivity index (χ3v) is 6.41. The van der Waals surface area contributed by atoms with E-state index in [4.69, 9.17) is 18.9 Å². The minimum atomic E-state index is -0.0689. The number of hydrogen-bond acceptors (Lipinski definition) is 7. The van der Waals surface area contributed by atoms with E-state index in [0.29, 0.717) is 5.75 Å². The number of aliphatic hydroxyl groups excluding tert-OH is 2. The van der Waals surface area contributed by atoms with Crippen LogP contribution < -0.4 is 18.9 Å². The Morgan fingerprint density at radius 2 is 1.15 bits per heavy atom. The quantitative estimate of drug-likeness (QED) is 0.341. The van der Waals surface area contributed by atoms with Gasteiger partial charge < -0.3 is 29.2 Å². The Balaban J connectivity index is 0.000000192. The molecule has 7 heteroatoms. The molecule has 180 valence electrons. The van der Waals surface area contributed by atoms with E-state index in [1.165, 1.54) is 0 Å². The van der Waals surface area contributed by atoms with Crippen molar-refractivity contribution in [1.82, 2.24) is 0 Å². The summed E-state index contributed by atoms with van der Waals surface area (Å²) in [7, 11) is 6.50. The second-order valence-electron chi connectivity index (χ2n) is 7.26. The largest absolute Gasteiger partial charge is 0.496 e. The summed E-state index contributed by atoms with van der Waals surface area (Å²) in [5.41, 5.74) is 1.51. The third kappa shape index (κ3) is 4.73. The molecule has 0 spiro atoms. The fraction of sp³-hybridized carbons (Fsp3) is 0.259. The van der Waals surface area contributed by atoms with Crippen molar-refractivity contribution in [2.24, 2.45) is 0 Å². The molecule has 0 radical (unpaired) electrons. The predicted octanol–water partition coefficient (Wildman–Crippen LogP) is 5.42. The molecular weight excluding hydrogens is 452 g/mol. The molecule has 0 bridgehead atoms. The highest BCUT2D eigenvalue weighted by molar-refractivity contribution is 7.98. The second-order valence-corrected chi connectivity index (χ2v) is 8.07. The smallest absolute Gasteiger partial charge is 0.140 e. The Morgan fingerprint density at radius 1 is 0.647 bits per heavy atom. The molecule has 4 rings (SSSR count). The molecule has 0 saturated carbocycles. The Morgan fingerprint density at radius 3 is 1.59 bits per heavy atom. The van der Waals surface area contributed by atoms with Crippen LogP contribution in [-0.4, -0.2) is 44.9 Å². The molecule has 0 aliphatic heterocycles. The van der Waals surface area contributed by atoms with Crippen molar-refractivity contribution in [3.8, 4) is 23.0 Å². The highest BCUT2D eigenvalue weighted by atomic mass is 32.2. The van der Waals surface area contributed by atoms with Crippen molar-refractivity contribution < 1.29 is 29.2 Å². The minimum Gasteiger partial charge on any atom is -0.496 e. The van der Waals surface area contributed by atoms with Gasteiger partial charge in [0.25, 0.3) is 0 Å². The van der Waals surface area contributed by atoms with Crippen LogP contribution in [0.1, 0.15) is 11.1 Å². The first-order valence-electron chi connectivity index (χ1n) is 10.6. The van der Waals surface area contributed by atoms with Crippen molar-refractivity contribution in [3.05, 3.63) is 65.7 Å². The van der Waals surface area contributed by atoms with Crippen LogP contribution >= 0.6 is 11.8 Å². The monoisotopic (exact) mass is 482 g/mol. The summed E-state index contributed by atoms with van der Waals surface area (Å²) in [4.78, 5) is 0.926. The lowest BCUT2D eigenvalue weighted by Gasteiger charge is -2.18. The Bertz CT molecular complexity index is 1220. The van der Waals surface area contributed by atoms with Gasteiger partial charge in [0.15, 0.2) is 0 Å². The molecule has 0 atom stereocenters. The summed E-state index contributed by atoms with van der Waals surface area (Å²) in [6.45, 7) is -0.134. The van der Waals surface area contributed by atoms with Gasteiger partial charge in [-0.2, -0.15) is 0 Å². The fourth-order valence-corrected chi connectivity index (χ4v) is 4.88. The lowest BCUT2D eigenvalue weighted by molar-refractivity contribution is 0.269. The molecule has 4 aromatic rings. The standard InChI is InChI=1S/C14H16O3S.C13H14O3/c1-16-12-9-6-4-5-7-10(9)13(17-2)14(18-3)11(12)8-15;1-15-12-7-9(8-14)13(16-2)11-6-4-3-5-10(11)12/h4-7,15H,8H2,1-3H3;3-7,14H,8H2,1-2H3. The van der Waals surface area contributed by atoms with Crippen molar-refractivity contribution in [1.29, 1.82) is 0 Å². The van der Waals surface area contributed by atoms with E-state index < -0.39 is 0 Å². The van der Waals surface area contributed by atoms with E-state index in [-0.39, 0.29) is 13.2 Å². The summed E-state index contributed by atoms with van der Waals surface area (Å²) < 4.78 is 21.6. The summed E-state index contributed by atoms with van der Waals surface area (Å²) in [5.74, 6) is 2.97. The van der Waals surface area contributed by atoms with Crippen molar-refractivity contribution in [3.63, 3.8) is 0 Å². The molecule has 2 N–H and O–H groups in total. The van der Waals surface area contributed by atoms with E-state index in [2.05, 4.69) is 0 Å². The molecule has 0 heterocycles. The van der Waals surface area contributed by atoms with E-state index in [1.54, 1.807) is 46.3 Å². The summed E-state index contributed by atoms with van der Waals surface area (Å²) in [6, 6.07) is 17.5. The number of ether oxygens (including phenoxy) is 4. The maximum absolute atomic E-state index is 9.59. The average molecular weight is 483 g/mol. The van der Waals surface area contributed by atoms with Gasteiger partial charge in [0.1, 0.15) is 23.0 Å². The lowest BCUT2D eigenvalue weighted by atomic mass is 10.0. The van der Waals surface area contributed by atoms with Gasteiger partial charge in [-0.3, -0.25) is 0 Å². The maximum atomic E-state index is 9.59. The number of fused-ring (bicyclic) bond motifs is 2. The summed E-state index contributed by atoms with van der Waals surface area (Å²) >= 11 is 1.55. The second kappa shape index (κ2) is 11.8. The van der Waals surface area contributed by atoms with Gasteiger partial charge in [0, 0.05) is 32.7 Å². The van der Waals surface area contributed by atoms with Crippen LogP contribution in [0.5, 0.6) is 23.0 Å². The zero-order valence-electron chi connectivity index (χ0n) is 20.0. The Labute approximate surface area is 204 Å². The first kappa shape index (κ1) is 25.5. The normalized spacial score (nSPS) is 10.6. The van der Waals surface area contributed by atoms with Gasteiger partial charge in [0.05, 0.1) is 46.5 Å². The van der Waals surface area contributed by atoms with Crippen LogP contribution in [-0.2, 0) is 13.2 Å². The molecule has 6 nitrogen and oxygen atoms in total. The van der Waals surface area contributed by atoms with Gasteiger partial charge in [-0.1, -0.05) is 48.5 Å². The molecule has 0 aliphatic rings. The number of thioether (sulfide) groups is 1. The minimum absolute atomic E-state index is 0.0651. The number of benzene rings is 4.